The monoisotopic (exact) mass is 189 g/mol. The Hall–Kier alpha value is -1.30. The van der Waals surface area contributed by atoms with E-state index in [0.29, 0.717) is 0 Å². The fraction of sp³-hybridized carbons (Fsp3) is 0.636. The molecule has 14 heavy (non-hydrogen) atoms. The van der Waals surface area contributed by atoms with Crippen LogP contribution in [0.5, 0.6) is 0 Å². The van der Waals surface area contributed by atoms with Crippen molar-refractivity contribution < 1.29 is 0 Å². The Morgan fingerprint density at radius 1 is 1.43 bits per heavy atom. The minimum Gasteiger partial charge on any atom is -0.353 e. The predicted molar refractivity (Wildman–Crippen MR) is 55.8 cm³/mol. The lowest BCUT2D eigenvalue weighted by molar-refractivity contribution is 0.498. The van der Waals surface area contributed by atoms with Crippen molar-refractivity contribution >= 4 is 6.21 Å². The van der Waals surface area contributed by atoms with Crippen LogP contribution in [0.15, 0.2) is 16.3 Å². The average Bonchev–Trinajstić information content (AvgIpc) is 2.42. The van der Waals surface area contributed by atoms with Crippen molar-refractivity contribution in [1.29, 1.82) is 5.26 Å². The molecule has 2 rings (SSSR count). The maximum absolute atomic E-state index is 8.96. The first-order valence-electron chi connectivity index (χ1n) is 5.20. The standard InChI is InChI=1S/C11H15N3/c1-11(8-12)13-7-9-5-3-2-4-6-10(9)14-11/h7,14H,2-6H2,1H3. The van der Waals surface area contributed by atoms with Crippen LogP contribution in [0.25, 0.3) is 0 Å². The molecule has 0 saturated heterocycles. The van der Waals surface area contributed by atoms with E-state index >= 15 is 0 Å². The Kier molecular flexibility index (Phi) is 2.28. The summed E-state index contributed by atoms with van der Waals surface area (Å²) in [6, 6.07) is 2.19. The Morgan fingerprint density at radius 3 is 3.00 bits per heavy atom. The van der Waals surface area contributed by atoms with Crippen molar-refractivity contribution in [3.05, 3.63) is 11.3 Å². The SMILES string of the molecule is CC1(C#N)N=CC2=C(CCCCC2)N1. The second kappa shape index (κ2) is 3.45. The van der Waals surface area contributed by atoms with Crippen LogP contribution >= 0.6 is 0 Å². The van der Waals surface area contributed by atoms with Gasteiger partial charge in [-0.1, -0.05) is 6.42 Å². The number of nitrogens with zero attached hydrogens (tertiary/aromatic N) is 2. The average molecular weight is 189 g/mol. The number of aliphatic imine (C=N–C) groups is 1. The van der Waals surface area contributed by atoms with E-state index in [1.807, 2.05) is 13.1 Å². The van der Waals surface area contributed by atoms with Gasteiger partial charge in [0.05, 0.1) is 0 Å². The highest BCUT2D eigenvalue weighted by atomic mass is 15.1. The molecule has 0 aromatic rings. The van der Waals surface area contributed by atoms with E-state index in [2.05, 4.69) is 16.4 Å². The van der Waals surface area contributed by atoms with Crippen LogP contribution in [0, 0.1) is 11.3 Å². The fourth-order valence-corrected chi connectivity index (χ4v) is 1.98. The van der Waals surface area contributed by atoms with Crippen molar-refractivity contribution in [3.8, 4) is 6.07 Å². The molecule has 0 bridgehead atoms. The normalized spacial score (nSPS) is 31.4. The highest BCUT2D eigenvalue weighted by Crippen LogP contribution is 2.26. The summed E-state index contributed by atoms with van der Waals surface area (Å²) >= 11 is 0. The molecule has 1 heterocycles. The highest BCUT2D eigenvalue weighted by molar-refractivity contribution is 5.81. The third kappa shape index (κ3) is 1.65. The summed E-state index contributed by atoms with van der Waals surface area (Å²) in [6.45, 7) is 1.82. The van der Waals surface area contributed by atoms with E-state index in [4.69, 9.17) is 5.26 Å². The molecule has 74 valence electrons. The van der Waals surface area contributed by atoms with Gasteiger partial charge < -0.3 is 5.32 Å². The molecule has 1 N–H and O–H groups in total. The van der Waals surface area contributed by atoms with Gasteiger partial charge in [-0.3, -0.25) is 4.99 Å². The summed E-state index contributed by atoms with van der Waals surface area (Å²) < 4.78 is 0. The molecule has 1 aliphatic carbocycles. The minimum atomic E-state index is -0.733. The molecule has 0 spiro atoms. The lowest BCUT2D eigenvalue weighted by Crippen LogP contribution is -2.41. The number of rotatable bonds is 0. The Balaban J connectivity index is 2.23. The van der Waals surface area contributed by atoms with Crippen LogP contribution in [0.4, 0.5) is 0 Å². The number of allylic oxidation sites excluding steroid dienone is 2. The quantitative estimate of drug-likeness (QED) is 0.634. The second-order valence-electron chi connectivity index (χ2n) is 4.13. The van der Waals surface area contributed by atoms with E-state index in [1.165, 1.54) is 30.5 Å². The summed E-state index contributed by atoms with van der Waals surface area (Å²) in [5, 5.41) is 12.2. The second-order valence-corrected chi connectivity index (χ2v) is 4.13. The van der Waals surface area contributed by atoms with Crippen LogP contribution in [-0.4, -0.2) is 11.9 Å². The van der Waals surface area contributed by atoms with Crippen LogP contribution in [0.1, 0.15) is 39.0 Å². The summed E-state index contributed by atoms with van der Waals surface area (Å²) in [5.41, 5.74) is 1.81. The van der Waals surface area contributed by atoms with Gasteiger partial charge in [-0.2, -0.15) is 5.26 Å². The van der Waals surface area contributed by atoms with Crippen LogP contribution < -0.4 is 5.32 Å². The highest BCUT2D eigenvalue weighted by Gasteiger charge is 2.27. The zero-order chi connectivity index (χ0) is 10.0. The van der Waals surface area contributed by atoms with E-state index in [1.54, 1.807) is 0 Å². The topological polar surface area (TPSA) is 48.2 Å². The molecule has 1 atom stereocenters. The molecular weight excluding hydrogens is 174 g/mol. The van der Waals surface area contributed by atoms with Crippen molar-refractivity contribution in [2.45, 2.75) is 44.7 Å². The van der Waals surface area contributed by atoms with Crippen LogP contribution in [0.3, 0.4) is 0 Å². The number of nitrogens with one attached hydrogen (secondary N) is 1. The Morgan fingerprint density at radius 2 is 2.21 bits per heavy atom. The van der Waals surface area contributed by atoms with E-state index in [9.17, 15) is 0 Å². The number of hydrogen-bond acceptors (Lipinski definition) is 3. The molecular formula is C11H15N3. The van der Waals surface area contributed by atoms with Gasteiger partial charge in [0.25, 0.3) is 0 Å². The van der Waals surface area contributed by atoms with E-state index < -0.39 is 5.66 Å². The maximum atomic E-state index is 8.96. The minimum absolute atomic E-state index is 0.733. The summed E-state index contributed by atoms with van der Waals surface area (Å²) in [4.78, 5) is 4.25. The zero-order valence-corrected chi connectivity index (χ0v) is 8.51. The molecule has 1 unspecified atom stereocenters. The van der Waals surface area contributed by atoms with Gasteiger partial charge in [-0.05, 0) is 38.2 Å². The molecule has 0 amide bonds. The largest absolute Gasteiger partial charge is 0.353 e. The van der Waals surface area contributed by atoms with Gasteiger partial charge >= 0.3 is 0 Å². The fourth-order valence-electron chi connectivity index (χ4n) is 1.98. The molecule has 3 heteroatoms. The zero-order valence-electron chi connectivity index (χ0n) is 8.51. The van der Waals surface area contributed by atoms with Gasteiger partial charge in [0.15, 0.2) is 0 Å². The summed E-state index contributed by atoms with van der Waals surface area (Å²) in [7, 11) is 0. The molecule has 0 aromatic carbocycles. The van der Waals surface area contributed by atoms with Gasteiger partial charge in [0.1, 0.15) is 6.07 Å². The van der Waals surface area contributed by atoms with E-state index in [0.717, 1.165) is 12.8 Å². The first-order chi connectivity index (χ1) is 6.73. The molecule has 0 fully saturated rings. The van der Waals surface area contributed by atoms with Gasteiger partial charge in [0.2, 0.25) is 5.66 Å². The lowest BCUT2D eigenvalue weighted by atomic mass is 10.1. The van der Waals surface area contributed by atoms with E-state index in [-0.39, 0.29) is 0 Å². The molecule has 3 nitrogen and oxygen atoms in total. The van der Waals surface area contributed by atoms with Crippen LogP contribution in [-0.2, 0) is 0 Å². The van der Waals surface area contributed by atoms with Gasteiger partial charge in [0, 0.05) is 11.9 Å². The maximum Gasteiger partial charge on any atom is 0.214 e. The van der Waals surface area contributed by atoms with Gasteiger partial charge in [-0.15, -0.1) is 0 Å². The predicted octanol–water partition coefficient (Wildman–Crippen LogP) is 2.12. The Labute approximate surface area is 84.5 Å². The summed E-state index contributed by atoms with van der Waals surface area (Å²) in [5.74, 6) is 0. The number of hydrogen-bond donors (Lipinski definition) is 1. The van der Waals surface area contributed by atoms with Crippen molar-refractivity contribution in [1.82, 2.24) is 5.32 Å². The first-order valence-corrected chi connectivity index (χ1v) is 5.20. The number of nitriles is 1. The Bertz CT molecular complexity index is 335. The third-order valence-corrected chi connectivity index (χ3v) is 2.85. The lowest BCUT2D eigenvalue weighted by Gasteiger charge is -2.27. The van der Waals surface area contributed by atoms with Crippen molar-refractivity contribution in [2.75, 3.05) is 0 Å². The molecule has 0 saturated carbocycles. The first kappa shape index (κ1) is 9.26. The van der Waals surface area contributed by atoms with Crippen LogP contribution in [0.2, 0.25) is 0 Å². The molecule has 0 aromatic heterocycles. The van der Waals surface area contributed by atoms with Crippen molar-refractivity contribution in [3.63, 3.8) is 0 Å². The van der Waals surface area contributed by atoms with Crippen molar-refractivity contribution in [2.24, 2.45) is 4.99 Å². The molecule has 0 radical (unpaired) electrons. The summed E-state index contributed by atoms with van der Waals surface area (Å²) in [6.07, 6.45) is 7.81. The molecule has 1 aliphatic heterocycles. The smallest absolute Gasteiger partial charge is 0.214 e. The molecule has 2 aliphatic rings. The third-order valence-electron chi connectivity index (χ3n) is 2.85. The van der Waals surface area contributed by atoms with Gasteiger partial charge in [-0.25, -0.2) is 0 Å².